The fraction of sp³-hybridized carbons (Fsp3) is 0.458. The molecular weight excluding hydrogens is 444 g/mol. The van der Waals surface area contributed by atoms with E-state index < -0.39 is 10.0 Å². The molecule has 0 bridgehead atoms. The van der Waals surface area contributed by atoms with Crippen molar-refractivity contribution in [2.24, 2.45) is 0 Å². The Morgan fingerprint density at radius 2 is 1.82 bits per heavy atom. The van der Waals surface area contributed by atoms with Crippen LogP contribution in [0.4, 0.5) is 0 Å². The van der Waals surface area contributed by atoms with Gasteiger partial charge in [0.15, 0.2) is 11.5 Å². The molecular formula is C24H30N2O6S. The van der Waals surface area contributed by atoms with Crippen LogP contribution in [-0.4, -0.2) is 63.5 Å². The van der Waals surface area contributed by atoms with Crippen LogP contribution in [0, 0.1) is 0 Å². The van der Waals surface area contributed by atoms with E-state index in [2.05, 4.69) is 0 Å². The highest BCUT2D eigenvalue weighted by Crippen LogP contribution is 2.39. The zero-order valence-electron chi connectivity index (χ0n) is 19.2. The first-order valence-corrected chi connectivity index (χ1v) is 12.7. The van der Waals surface area contributed by atoms with Crippen molar-refractivity contribution in [3.05, 3.63) is 47.5 Å². The number of carbonyl (C=O) groups is 1. The number of nitrogens with zero attached hydrogens (tertiary/aromatic N) is 2. The van der Waals surface area contributed by atoms with Crippen LogP contribution in [0.25, 0.3) is 0 Å². The van der Waals surface area contributed by atoms with Crippen molar-refractivity contribution in [2.75, 3.05) is 40.0 Å². The molecule has 1 saturated heterocycles. The summed E-state index contributed by atoms with van der Waals surface area (Å²) in [5.41, 5.74) is 1.31. The molecule has 0 spiro atoms. The van der Waals surface area contributed by atoms with Crippen LogP contribution in [0.15, 0.2) is 41.3 Å². The summed E-state index contributed by atoms with van der Waals surface area (Å²) in [6, 6.07) is 10.3. The number of hydrogen-bond acceptors (Lipinski definition) is 6. The molecule has 178 valence electrons. The largest absolute Gasteiger partial charge is 0.495 e. The molecule has 1 amide bonds. The number of fused-ring (bicyclic) bond motifs is 1. The summed E-state index contributed by atoms with van der Waals surface area (Å²) in [7, 11) is -2.37. The maximum atomic E-state index is 13.5. The second kappa shape index (κ2) is 9.61. The van der Waals surface area contributed by atoms with Crippen molar-refractivity contribution >= 4 is 15.9 Å². The second-order valence-corrected chi connectivity index (χ2v) is 9.92. The first-order valence-electron chi connectivity index (χ1n) is 11.3. The number of hydrogen-bond donors (Lipinski definition) is 0. The van der Waals surface area contributed by atoms with Crippen LogP contribution < -0.4 is 14.2 Å². The van der Waals surface area contributed by atoms with Crippen LogP contribution in [-0.2, 0) is 10.0 Å². The molecule has 0 aromatic heterocycles. The quantitative estimate of drug-likeness (QED) is 0.611. The Morgan fingerprint density at radius 3 is 2.52 bits per heavy atom. The van der Waals surface area contributed by atoms with E-state index in [-0.39, 0.29) is 22.6 Å². The van der Waals surface area contributed by atoms with Gasteiger partial charge in [-0.1, -0.05) is 19.9 Å². The summed E-state index contributed by atoms with van der Waals surface area (Å²) >= 11 is 0. The molecule has 33 heavy (non-hydrogen) atoms. The summed E-state index contributed by atoms with van der Waals surface area (Å²) in [6.07, 6.45) is 1.69. The molecule has 1 atom stereocenters. The number of rotatable bonds is 7. The highest BCUT2D eigenvalue weighted by molar-refractivity contribution is 7.89. The molecule has 0 radical (unpaired) electrons. The average molecular weight is 475 g/mol. The van der Waals surface area contributed by atoms with E-state index in [1.165, 1.54) is 17.5 Å². The standard InChI is InChI=1S/C24H30N2O6S/c1-4-25(5-2)33(28,29)23-16-18(9-11-21(23)30-3)24(27)26-12-6-7-19(26)17-8-10-20-22(15-17)32-14-13-31-20/h8-11,15-16,19H,4-7,12-14H2,1-3H3/t19-/m0/s1. The van der Waals surface area contributed by atoms with Gasteiger partial charge in [0.05, 0.1) is 13.2 Å². The topological polar surface area (TPSA) is 85.4 Å². The minimum Gasteiger partial charge on any atom is -0.495 e. The van der Waals surface area contributed by atoms with Crippen molar-refractivity contribution in [3.63, 3.8) is 0 Å². The summed E-state index contributed by atoms with van der Waals surface area (Å²) < 4.78 is 44.4. The van der Waals surface area contributed by atoms with E-state index in [9.17, 15) is 13.2 Å². The molecule has 2 aliphatic rings. The first-order chi connectivity index (χ1) is 15.9. The lowest BCUT2D eigenvalue weighted by atomic mass is 10.0. The molecule has 0 N–H and O–H groups in total. The summed E-state index contributed by atoms with van der Waals surface area (Å²) in [5.74, 6) is 1.42. The lowest BCUT2D eigenvalue weighted by molar-refractivity contribution is 0.0735. The van der Waals surface area contributed by atoms with Crippen molar-refractivity contribution in [2.45, 2.75) is 37.6 Å². The third-order valence-corrected chi connectivity index (χ3v) is 8.27. The number of sulfonamides is 1. The molecule has 2 aliphatic heterocycles. The van der Waals surface area contributed by atoms with E-state index in [4.69, 9.17) is 14.2 Å². The van der Waals surface area contributed by atoms with Gasteiger partial charge in [-0.3, -0.25) is 4.79 Å². The van der Waals surface area contributed by atoms with Crippen LogP contribution in [0.3, 0.4) is 0 Å². The zero-order chi connectivity index (χ0) is 23.6. The third kappa shape index (κ3) is 4.39. The van der Waals surface area contributed by atoms with E-state index >= 15 is 0 Å². The highest BCUT2D eigenvalue weighted by Gasteiger charge is 2.33. The summed E-state index contributed by atoms with van der Waals surface area (Å²) in [4.78, 5) is 15.3. The normalized spacial score (nSPS) is 17.9. The molecule has 1 fully saturated rings. The molecule has 0 saturated carbocycles. The van der Waals surface area contributed by atoms with E-state index in [0.717, 1.165) is 18.4 Å². The molecule has 2 aromatic carbocycles. The Hall–Kier alpha value is -2.78. The van der Waals surface area contributed by atoms with E-state index in [0.29, 0.717) is 49.9 Å². The van der Waals surface area contributed by atoms with Crippen molar-refractivity contribution < 1.29 is 27.4 Å². The summed E-state index contributed by atoms with van der Waals surface area (Å²) in [5, 5.41) is 0. The van der Waals surface area contributed by atoms with Crippen LogP contribution in [0.5, 0.6) is 17.2 Å². The van der Waals surface area contributed by atoms with Crippen molar-refractivity contribution in [1.82, 2.24) is 9.21 Å². The average Bonchev–Trinajstić information content (AvgIpc) is 3.33. The van der Waals surface area contributed by atoms with Gasteiger partial charge in [0, 0.05) is 25.2 Å². The zero-order valence-corrected chi connectivity index (χ0v) is 20.1. The lowest BCUT2D eigenvalue weighted by Crippen LogP contribution is -2.32. The minimum absolute atomic E-state index is 0.00891. The number of benzene rings is 2. The van der Waals surface area contributed by atoms with Gasteiger partial charge < -0.3 is 19.1 Å². The Bertz CT molecular complexity index is 1130. The fourth-order valence-corrected chi connectivity index (χ4v) is 6.14. The SMILES string of the molecule is CCN(CC)S(=O)(=O)c1cc(C(=O)N2CCC[C@H]2c2ccc3c(c2)OCCO3)ccc1OC. The van der Waals surface area contributed by atoms with Gasteiger partial charge in [-0.25, -0.2) is 8.42 Å². The molecule has 4 rings (SSSR count). The van der Waals surface area contributed by atoms with E-state index in [1.54, 1.807) is 30.9 Å². The first kappa shape index (κ1) is 23.4. The van der Waals surface area contributed by atoms with Crippen LogP contribution in [0.2, 0.25) is 0 Å². The van der Waals surface area contributed by atoms with Gasteiger partial charge in [-0.2, -0.15) is 4.31 Å². The Labute approximate surface area is 195 Å². The van der Waals surface area contributed by atoms with Gasteiger partial charge in [0.2, 0.25) is 10.0 Å². The lowest BCUT2D eigenvalue weighted by Gasteiger charge is -2.27. The highest BCUT2D eigenvalue weighted by atomic mass is 32.2. The smallest absolute Gasteiger partial charge is 0.254 e. The number of carbonyl (C=O) groups excluding carboxylic acids is 1. The van der Waals surface area contributed by atoms with E-state index in [1.807, 2.05) is 18.2 Å². The van der Waals surface area contributed by atoms with Gasteiger partial charge in [0.25, 0.3) is 5.91 Å². The van der Waals surface area contributed by atoms with Gasteiger partial charge in [0.1, 0.15) is 23.9 Å². The number of methoxy groups -OCH3 is 1. The monoisotopic (exact) mass is 474 g/mol. The second-order valence-electron chi connectivity index (χ2n) is 8.01. The Kier molecular flexibility index (Phi) is 6.81. The van der Waals surface area contributed by atoms with Gasteiger partial charge >= 0.3 is 0 Å². The fourth-order valence-electron chi connectivity index (χ4n) is 4.50. The minimum atomic E-state index is -3.79. The predicted molar refractivity (Wildman–Crippen MR) is 124 cm³/mol. The molecule has 8 nitrogen and oxygen atoms in total. The molecule has 0 unspecified atom stereocenters. The Morgan fingerprint density at radius 1 is 1.09 bits per heavy atom. The van der Waals surface area contributed by atoms with Gasteiger partial charge in [-0.15, -0.1) is 0 Å². The molecule has 9 heteroatoms. The molecule has 2 aromatic rings. The molecule has 0 aliphatic carbocycles. The van der Waals surface area contributed by atoms with Crippen molar-refractivity contribution in [3.8, 4) is 17.2 Å². The van der Waals surface area contributed by atoms with Crippen LogP contribution >= 0.6 is 0 Å². The van der Waals surface area contributed by atoms with Crippen LogP contribution in [0.1, 0.15) is 48.7 Å². The van der Waals surface area contributed by atoms with Gasteiger partial charge in [-0.05, 0) is 48.7 Å². The number of ether oxygens (including phenoxy) is 3. The third-order valence-electron chi connectivity index (χ3n) is 6.20. The maximum absolute atomic E-state index is 13.5. The number of likely N-dealkylation sites (tertiary alicyclic amines) is 1. The predicted octanol–water partition coefficient (Wildman–Crippen LogP) is 3.47. The number of amides is 1. The summed E-state index contributed by atoms with van der Waals surface area (Å²) in [6.45, 7) is 5.85. The van der Waals surface area contributed by atoms with Crippen molar-refractivity contribution in [1.29, 1.82) is 0 Å². The molecule has 2 heterocycles. The Balaban J connectivity index is 1.66. The maximum Gasteiger partial charge on any atom is 0.254 e.